The van der Waals surface area contributed by atoms with Gasteiger partial charge < -0.3 is 30.3 Å². The van der Waals surface area contributed by atoms with E-state index in [9.17, 15) is 4.79 Å². The van der Waals surface area contributed by atoms with E-state index in [0.717, 1.165) is 42.4 Å². The Labute approximate surface area is 192 Å². The van der Waals surface area contributed by atoms with Crippen molar-refractivity contribution in [3.8, 4) is 11.5 Å². The van der Waals surface area contributed by atoms with E-state index in [0.29, 0.717) is 23.1 Å². The molecule has 1 aliphatic carbocycles. The molecule has 1 fully saturated rings. The van der Waals surface area contributed by atoms with E-state index in [2.05, 4.69) is 16.0 Å². The third kappa shape index (κ3) is 4.72. The number of rotatable bonds is 5. The Bertz CT molecular complexity index is 1160. The van der Waals surface area contributed by atoms with Gasteiger partial charge in [0.1, 0.15) is 5.82 Å². The summed E-state index contributed by atoms with van der Waals surface area (Å²) < 4.78 is 10.7. The highest BCUT2D eigenvalue weighted by Gasteiger charge is 2.24. The zero-order valence-electron chi connectivity index (χ0n) is 18.8. The summed E-state index contributed by atoms with van der Waals surface area (Å²) in [6, 6.07) is 13.6. The van der Waals surface area contributed by atoms with Gasteiger partial charge >= 0.3 is 6.03 Å². The highest BCUT2D eigenvalue weighted by atomic mass is 16.7. The van der Waals surface area contributed by atoms with Gasteiger partial charge in [0.15, 0.2) is 11.5 Å². The van der Waals surface area contributed by atoms with Gasteiger partial charge in [-0.05, 0) is 49.9 Å². The number of nitrogens with one attached hydrogen (secondary N) is 3. The van der Waals surface area contributed by atoms with Gasteiger partial charge in [0.2, 0.25) is 12.7 Å². The Hall–Kier alpha value is -3.75. The first-order valence-corrected chi connectivity index (χ1v) is 11.2. The van der Waals surface area contributed by atoms with Gasteiger partial charge in [-0.1, -0.05) is 12.1 Å². The van der Waals surface area contributed by atoms with Crippen LogP contribution in [-0.2, 0) is 0 Å². The number of carbonyl (C=O) groups is 1. The number of amides is 2. The number of carbonyl (C=O) groups excluding carboxylic acids is 1. The average molecular weight is 449 g/mol. The Kier molecular flexibility index (Phi) is 5.77. The summed E-state index contributed by atoms with van der Waals surface area (Å²) in [6.45, 7) is 0.211. The molecule has 3 aromatic rings. The van der Waals surface area contributed by atoms with Gasteiger partial charge in [-0.25, -0.2) is 9.78 Å². The second-order valence-corrected chi connectivity index (χ2v) is 8.64. The largest absolute Gasteiger partial charge is 0.454 e. The standard InChI is InChI=1S/C24H28N6O3/c1-30(2)22-18-5-3-4-6-19(18)28-23(29-22)25-15-7-9-16(10-8-15)26-24(31)27-17-11-12-20-21(13-17)33-14-32-20/h3-6,11-13,15-16H,7-10,14H2,1-2H3,(H,25,28,29)(H2,26,27,31)/t15-,16+. The minimum absolute atomic E-state index is 0.131. The monoisotopic (exact) mass is 448 g/mol. The number of aromatic nitrogens is 2. The average Bonchev–Trinajstić information content (AvgIpc) is 3.27. The van der Waals surface area contributed by atoms with Gasteiger partial charge in [-0.3, -0.25) is 0 Å². The third-order valence-electron chi connectivity index (χ3n) is 6.03. The van der Waals surface area contributed by atoms with Gasteiger partial charge in [0.05, 0.1) is 5.52 Å². The lowest BCUT2D eigenvalue weighted by atomic mass is 9.91. The predicted octanol–water partition coefficient (Wildman–Crippen LogP) is 3.97. The molecule has 0 atom stereocenters. The van der Waals surface area contributed by atoms with E-state index in [-0.39, 0.29) is 24.9 Å². The number of para-hydroxylation sites is 1. The number of anilines is 3. The minimum atomic E-state index is -0.209. The fourth-order valence-electron chi connectivity index (χ4n) is 4.36. The molecule has 2 aromatic carbocycles. The van der Waals surface area contributed by atoms with Gasteiger partial charge in [0, 0.05) is 43.3 Å². The van der Waals surface area contributed by atoms with Crippen molar-refractivity contribution >= 4 is 34.4 Å². The molecule has 33 heavy (non-hydrogen) atoms. The van der Waals surface area contributed by atoms with Crippen LogP contribution in [0.1, 0.15) is 25.7 Å². The van der Waals surface area contributed by atoms with Crippen molar-refractivity contribution in [2.75, 3.05) is 36.4 Å². The van der Waals surface area contributed by atoms with Crippen LogP contribution in [0.4, 0.5) is 22.2 Å². The fraction of sp³-hybridized carbons (Fsp3) is 0.375. The van der Waals surface area contributed by atoms with Crippen molar-refractivity contribution in [1.29, 1.82) is 0 Å². The molecule has 0 unspecified atom stereocenters. The zero-order chi connectivity index (χ0) is 22.8. The molecule has 172 valence electrons. The van der Waals surface area contributed by atoms with Crippen LogP contribution >= 0.6 is 0 Å². The SMILES string of the molecule is CN(C)c1nc(N[C@H]2CC[C@@H](NC(=O)Nc3ccc4c(c3)OCO4)CC2)nc2ccccc12. The second-order valence-electron chi connectivity index (χ2n) is 8.64. The van der Waals surface area contributed by atoms with E-state index in [1.54, 1.807) is 18.2 Å². The fourth-order valence-corrected chi connectivity index (χ4v) is 4.36. The van der Waals surface area contributed by atoms with Crippen LogP contribution < -0.4 is 30.3 Å². The Morgan fingerprint density at radius 3 is 2.55 bits per heavy atom. The van der Waals surface area contributed by atoms with Gasteiger partial charge in [-0.2, -0.15) is 4.98 Å². The first-order chi connectivity index (χ1) is 16.0. The maximum atomic E-state index is 12.4. The van der Waals surface area contributed by atoms with Crippen molar-refractivity contribution in [3.63, 3.8) is 0 Å². The molecule has 1 aliphatic heterocycles. The normalized spacial score (nSPS) is 19.2. The molecule has 9 nitrogen and oxygen atoms in total. The summed E-state index contributed by atoms with van der Waals surface area (Å²) in [5.74, 6) is 2.89. The summed E-state index contributed by atoms with van der Waals surface area (Å²) in [5, 5.41) is 10.5. The Morgan fingerprint density at radius 1 is 0.970 bits per heavy atom. The lowest BCUT2D eigenvalue weighted by molar-refractivity contribution is 0.174. The summed E-state index contributed by atoms with van der Waals surface area (Å²) in [7, 11) is 3.98. The molecule has 9 heteroatoms. The molecule has 5 rings (SSSR count). The number of benzene rings is 2. The van der Waals surface area contributed by atoms with Crippen LogP contribution in [-0.4, -0.2) is 49.0 Å². The number of hydrogen-bond acceptors (Lipinski definition) is 7. The molecule has 0 saturated heterocycles. The lowest BCUT2D eigenvalue weighted by Crippen LogP contribution is -2.42. The van der Waals surface area contributed by atoms with Crippen molar-refractivity contribution in [1.82, 2.24) is 15.3 Å². The number of urea groups is 1. The molecular formula is C24H28N6O3. The Balaban J connectivity index is 1.15. The van der Waals surface area contributed by atoms with Crippen LogP contribution in [0.2, 0.25) is 0 Å². The quantitative estimate of drug-likeness (QED) is 0.543. The van der Waals surface area contributed by atoms with Crippen LogP contribution in [0.15, 0.2) is 42.5 Å². The molecule has 0 spiro atoms. The van der Waals surface area contributed by atoms with Crippen molar-refractivity contribution in [2.24, 2.45) is 0 Å². The topological polar surface area (TPSA) is 101 Å². The molecule has 2 aliphatic rings. The van der Waals surface area contributed by atoms with Crippen LogP contribution in [0.25, 0.3) is 10.9 Å². The molecule has 0 radical (unpaired) electrons. The van der Waals surface area contributed by atoms with Crippen LogP contribution in [0, 0.1) is 0 Å². The summed E-state index contributed by atoms with van der Waals surface area (Å²) in [4.78, 5) is 23.9. The first kappa shape index (κ1) is 21.1. The highest BCUT2D eigenvalue weighted by Crippen LogP contribution is 2.34. The predicted molar refractivity (Wildman–Crippen MR) is 128 cm³/mol. The van der Waals surface area contributed by atoms with E-state index >= 15 is 0 Å². The third-order valence-corrected chi connectivity index (χ3v) is 6.03. The number of hydrogen-bond donors (Lipinski definition) is 3. The van der Waals surface area contributed by atoms with E-state index in [1.165, 1.54) is 0 Å². The van der Waals surface area contributed by atoms with E-state index in [4.69, 9.17) is 19.4 Å². The van der Waals surface area contributed by atoms with E-state index < -0.39 is 0 Å². The van der Waals surface area contributed by atoms with E-state index in [1.807, 2.05) is 43.3 Å². The van der Waals surface area contributed by atoms with Crippen molar-refractivity contribution in [3.05, 3.63) is 42.5 Å². The number of ether oxygens (including phenoxy) is 2. The molecule has 2 amide bonds. The summed E-state index contributed by atoms with van der Waals surface area (Å²) in [6.07, 6.45) is 3.64. The molecule has 1 aromatic heterocycles. The maximum absolute atomic E-state index is 12.4. The number of fused-ring (bicyclic) bond motifs is 2. The summed E-state index contributed by atoms with van der Waals surface area (Å²) >= 11 is 0. The minimum Gasteiger partial charge on any atom is -0.454 e. The zero-order valence-corrected chi connectivity index (χ0v) is 18.8. The molecule has 1 saturated carbocycles. The maximum Gasteiger partial charge on any atom is 0.319 e. The second kappa shape index (κ2) is 9.01. The summed E-state index contributed by atoms with van der Waals surface area (Å²) in [5.41, 5.74) is 1.60. The van der Waals surface area contributed by atoms with Crippen molar-refractivity contribution < 1.29 is 14.3 Å². The van der Waals surface area contributed by atoms with Crippen molar-refractivity contribution in [2.45, 2.75) is 37.8 Å². The van der Waals surface area contributed by atoms with Gasteiger partial charge in [0.25, 0.3) is 0 Å². The molecule has 2 heterocycles. The van der Waals surface area contributed by atoms with Crippen LogP contribution in [0.3, 0.4) is 0 Å². The van der Waals surface area contributed by atoms with Crippen LogP contribution in [0.5, 0.6) is 11.5 Å². The lowest BCUT2D eigenvalue weighted by Gasteiger charge is -2.30. The first-order valence-electron chi connectivity index (χ1n) is 11.2. The smallest absolute Gasteiger partial charge is 0.319 e. The number of nitrogens with zero attached hydrogens (tertiary/aromatic N) is 3. The molecule has 0 bridgehead atoms. The molecule has 3 N–H and O–H groups in total. The van der Waals surface area contributed by atoms with Gasteiger partial charge in [-0.15, -0.1) is 0 Å². The highest BCUT2D eigenvalue weighted by molar-refractivity contribution is 5.90. The Morgan fingerprint density at radius 2 is 1.73 bits per heavy atom. The molecular weight excluding hydrogens is 420 g/mol.